The second kappa shape index (κ2) is 8.24. The van der Waals surface area contributed by atoms with Crippen LogP contribution < -0.4 is 0 Å². The van der Waals surface area contributed by atoms with E-state index in [0.29, 0.717) is 11.1 Å². The molecule has 0 bridgehead atoms. The normalized spacial score (nSPS) is 31.2. The van der Waals surface area contributed by atoms with E-state index in [0.717, 1.165) is 5.56 Å². The van der Waals surface area contributed by atoms with E-state index in [1.54, 1.807) is 19.1 Å². The van der Waals surface area contributed by atoms with Crippen molar-refractivity contribution in [1.29, 1.82) is 0 Å². The van der Waals surface area contributed by atoms with Crippen LogP contribution >= 0.6 is 0 Å². The number of fused-ring (bicyclic) bond motifs is 1. The quantitative estimate of drug-likeness (QED) is 0.835. The number of benzene rings is 2. The third-order valence-electron chi connectivity index (χ3n) is 5.05. The number of ether oxygens (including phenoxy) is 4. The first kappa shape index (κ1) is 19.4. The van der Waals surface area contributed by atoms with Gasteiger partial charge in [0.05, 0.1) is 13.2 Å². The van der Waals surface area contributed by atoms with Gasteiger partial charge in [0.1, 0.15) is 30.2 Å². The molecule has 2 saturated heterocycles. The highest BCUT2D eigenvalue weighted by Gasteiger charge is 2.48. The van der Waals surface area contributed by atoms with Crippen LogP contribution in [0.4, 0.5) is 4.39 Å². The molecule has 0 spiro atoms. The molecule has 2 aromatic carbocycles. The van der Waals surface area contributed by atoms with Gasteiger partial charge in [-0.15, -0.1) is 0 Å². The number of rotatable bonds is 4. The van der Waals surface area contributed by atoms with Crippen LogP contribution in [0, 0.1) is 12.7 Å². The highest BCUT2D eigenvalue weighted by Crippen LogP contribution is 2.39. The molecule has 28 heavy (non-hydrogen) atoms. The lowest BCUT2D eigenvalue weighted by Gasteiger charge is -2.47. The molecule has 0 aliphatic carbocycles. The maximum absolute atomic E-state index is 13.6. The van der Waals surface area contributed by atoms with Gasteiger partial charge in [0.25, 0.3) is 0 Å². The van der Waals surface area contributed by atoms with Gasteiger partial charge in [0, 0.05) is 11.1 Å². The van der Waals surface area contributed by atoms with E-state index >= 15 is 0 Å². The predicted molar refractivity (Wildman–Crippen MR) is 96.7 cm³/mol. The molecule has 4 rings (SSSR count). The first-order chi connectivity index (χ1) is 13.6. The van der Waals surface area contributed by atoms with Crippen molar-refractivity contribution >= 4 is 0 Å². The molecule has 2 aromatic rings. The van der Waals surface area contributed by atoms with Gasteiger partial charge in [-0.25, -0.2) is 4.39 Å². The van der Waals surface area contributed by atoms with Gasteiger partial charge in [-0.3, -0.25) is 0 Å². The Kier molecular flexibility index (Phi) is 5.73. The molecule has 0 amide bonds. The molecule has 150 valence electrons. The van der Waals surface area contributed by atoms with Gasteiger partial charge in [-0.05, 0) is 24.6 Å². The zero-order valence-electron chi connectivity index (χ0n) is 15.4. The summed E-state index contributed by atoms with van der Waals surface area (Å²) in [6.45, 7) is 1.41. The number of hydrogen-bond acceptors (Lipinski definition) is 6. The van der Waals surface area contributed by atoms with E-state index < -0.39 is 43.6 Å². The van der Waals surface area contributed by atoms with Crippen LogP contribution in [0.5, 0.6) is 0 Å². The summed E-state index contributed by atoms with van der Waals surface area (Å²) in [7, 11) is 0. The summed E-state index contributed by atoms with van der Waals surface area (Å²) < 4.78 is 37.4. The first-order valence-corrected chi connectivity index (χ1v) is 9.24. The molecule has 2 fully saturated rings. The van der Waals surface area contributed by atoms with Crippen molar-refractivity contribution in [2.45, 2.75) is 43.9 Å². The third-order valence-corrected chi connectivity index (χ3v) is 5.05. The van der Waals surface area contributed by atoms with Crippen molar-refractivity contribution in [3.63, 3.8) is 0 Å². The molecular weight excluding hydrogens is 367 g/mol. The van der Waals surface area contributed by atoms with Crippen molar-refractivity contribution in [2.24, 2.45) is 0 Å². The standard InChI is InChI=1S/C21H23FO6/c1-12-9-14(7-8-15(12)22)20-25-11-17-19(28-20)18(16(24)10-23)27-21(26-17)13-5-3-2-4-6-13/h2-9,16-21,23-24H,10-11H2,1H3/t16-,17+,18-,19-,20?,21?/m1/s1. The van der Waals surface area contributed by atoms with E-state index in [1.165, 1.54) is 6.07 Å². The minimum atomic E-state index is -1.14. The Morgan fingerprint density at radius 3 is 2.54 bits per heavy atom. The maximum Gasteiger partial charge on any atom is 0.184 e. The van der Waals surface area contributed by atoms with Crippen molar-refractivity contribution < 1.29 is 33.6 Å². The Hall–Kier alpha value is -1.87. The van der Waals surface area contributed by atoms with Gasteiger partial charge < -0.3 is 29.2 Å². The van der Waals surface area contributed by atoms with Crippen molar-refractivity contribution in [2.75, 3.05) is 13.2 Å². The second-order valence-corrected chi connectivity index (χ2v) is 7.04. The van der Waals surface area contributed by atoms with Gasteiger partial charge in [-0.1, -0.05) is 36.4 Å². The summed E-state index contributed by atoms with van der Waals surface area (Å²) in [5.74, 6) is -0.305. The SMILES string of the molecule is Cc1cc(C2OC[C@@H]3OC(c4ccccc4)O[C@H]([C@H](O)CO)[C@@H]3O2)ccc1F. The van der Waals surface area contributed by atoms with Crippen LogP contribution in [-0.2, 0) is 18.9 Å². The summed E-state index contributed by atoms with van der Waals surface area (Å²) in [4.78, 5) is 0. The minimum Gasteiger partial charge on any atom is -0.394 e. The maximum atomic E-state index is 13.6. The average Bonchev–Trinajstić information content (AvgIpc) is 2.74. The molecule has 7 heteroatoms. The molecular formula is C21H23FO6. The largest absolute Gasteiger partial charge is 0.394 e. The second-order valence-electron chi connectivity index (χ2n) is 7.04. The lowest BCUT2D eigenvalue weighted by atomic mass is 9.99. The summed E-state index contributed by atoms with van der Waals surface area (Å²) in [5, 5.41) is 19.8. The fourth-order valence-electron chi connectivity index (χ4n) is 3.53. The molecule has 0 aromatic heterocycles. The molecule has 0 radical (unpaired) electrons. The van der Waals surface area contributed by atoms with Crippen LogP contribution in [0.15, 0.2) is 48.5 Å². The minimum absolute atomic E-state index is 0.215. The number of aliphatic hydroxyl groups is 2. The molecule has 6 atom stereocenters. The number of halogens is 1. The molecule has 2 aliphatic heterocycles. The molecule has 0 saturated carbocycles. The van der Waals surface area contributed by atoms with E-state index in [-0.39, 0.29) is 12.4 Å². The average molecular weight is 390 g/mol. The van der Waals surface area contributed by atoms with Crippen molar-refractivity contribution in [1.82, 2.24) is 0 Å². The van der Waals surface area contributed by atoms with Crippen LogP contribution in [0.1, 0.15) is 29.3 Å². The summed E-state index contributed by atoms with van der Waals surface area (Å²) in [5.41, 5.74) is 1.95. The molecule has 2 aliphatic rings. The van der Waals surface area contributed by atoms with Gasteiger partial charge >= 0.3 is 0 Å². The van der Waals surface area contributed by atoms with Crippen molar-refractivity contribution in [3.8, 4) is 0 Å². The van der Waals surface area contributed by atoms with Crippen LogP contribution in [0.25, 0.3) is 0 Å². The van der Waals surface area contributed by atoms with Gasteiger partial charge in [-0.2, -0.15) is 0 Å². The topological polar surface area (TPSA) is 77.4 Å². The lowest BCUT2D eigenvalue weighted by molar-refractivity contribution is -0.373. The van der Waals surface area contributed by atoms with E-state index in [4.69, 9.17) is 18.9 Å². The highest BCUT2D eigenvalue weighted by atomic mass is 19.1. The Bertz CT molecular complexity index is 801. The Labute approximate surface area is 162 Å². The smallest absolute Gasteiger partial charge is 0.184 e. The Morgan fingerprint density at radius 1 is 1.04 bits per heavy atom. The number of aryl methyl sites for hydroxylation is 1. The molecule has 2 N–H and O–H groups in total. The van der Waals surface area contributed by atoms with Crippen LogP contribution in [0.3, 0.4) is 0 Å². The van der Waals surface area contributed by atoms with E-state index in [2.05, 4.69) is 0 Å². The van der Waals surface area contributed by atoms with Gasteiger partial charge in [0.2, 0.25) is 0 Å². The monoisotopic (exact) mass is 390 g/mol. The van der Waals surface area contributed by atoms with Crippen molar-refractivity contribution in [3.05, 3.63) is 71.0 Å². The van der Waals surface area contributed by atoms with E-state index in [9.17, 15) is 14.6 Å². The number of aliphatic hydroxyl groups excluding tert-OH is 2. The zero-order valence-corrected chi connectivity index (χ0v) is 15.4. The lowest BCUT2D eigenvalue weighted by Crippen LogP contribution is -2.58. The number of hydrogen-bond donors (Lipinski definition) is 2. The molecule has 6 nitrogen and oxygen atoms in total. The summed E-state index contributed by atoms with van der Waals surface area (Å²) >= 11 is 0. The first-order valence-electron chi connectivity index (χ1n) is 9.24. The summed E-state index contributed by atoms with van der Waals surface area (Å²) in [6.07, 6.45) is -4.52. The molecule has 2 unspecified atom stereocenters. The fourth-order valence-corrected chi connectivity index (χ4v) is 3.53. The Balaban J connectivity index is 1.56. The summed E-state index contributed by atoms with van der Waals surface area (Å²) in [6, 6.07) is 14.0. The fraction of sp³-hybridized carbons (Fsp3) is 0.429. The highest BCUT2D eigenvalue weighted by molar-refractivity contribution is 5.25. The molecule has 2 heterocycles. The Morgan fingerprint density at radius 2 is 1.82 bits per heavy atom. The predicted octanol–water partition coefficient (Wildman–Crippen LogP) is 2.38. The van der Waals surface area contributed by atoms with Crippen LogP contribution in [-0.4, -0.2) is 47.8 Å². The zero-order chi connectivity index (χ0) is 19.7. The van der Waals surface area contributed by atoms with Gasteiger partial charge in [0.15, 0.2) is 12.6 Å². The third kappa shape index (κ3) is 3.82. The van der Waals surface area contributed by atoms with Crippen LogP contribution in [0.2, 0.25) is 0 Å². The van der Waals surface area contributed by atoms with E-state index in [1.807, 2.05) is 30.3 Å².